The Morgan fingerprint density at radius 2 is 2.14 bits per heavy atom. The Balaban J connectivity index is 2.15. The Morgan fingerprint density at radius 3 is 2.50 bits per heavy atom. The van der Waals surface area contributed by atoms with Crippen LogP contribution < -0.4 is 5.32 Å². The van der Waals surface area contributed by atoms with Crippen LogP contribution in [0.5, 0.6) is 0 Å². The number of nitrogens with zero attached hydrogens (tertiary/aromatic N) is 1. The van der Waals surface area contributed by atoms with Gasteiger partial charge in [0.05, 0.1) is 5.54 Å². The Hall–Kier alpha value is -0.570. The Labute approximate surface area is 85.8 Å². The molecular formula is C11H20N2O. The summed E-state index contributed by atoms with van der Waals surface area (Å²) in [6.07, 6.45) is 3.58. The van der Waals surface area contributed by atoms with Crippen LogP contribution in [0.25, 0.3) is 0 Å². The lowest BCUT2D eigenvalue weighted by Gasteiger charge is -2.53. The summed E-state index contributed by atoms with van der Waals surface area (Å²) in [6.45, 7) is 7.35. The lowest BCUT2D eigenvalue weighted by molar-refractivity contribution is -0.124. The van der Waals surface area contributed by atoms with Gasteiger partial charge in [-0.25, -0.2) is 0 Å². The van der Waals surface area contributed by atoms with Gasteiger partial charge in [-0.2, -0.15) is 0 Å². The number of nitrogens with one attached hydrogen (secondary N) is 1. The van der Waals surface area contributed by atoms with Crippen LogP contribution in [0.3, 0.4) is 0 Å². The molecule has 3 aliphatic heterocycles. The zero-order valence-corrected chi connectivity index (χ0v) is 9.18. The number of hydrogen-bond acceptors (Lipinski definition) is 2. The predicted molar refractivity (Wildman–Crippen MR) is 56.0 cm³/mol. The number of hydrogen-bond donors (Lipinski definition) is 1. The van der Waals surface area contributed by atoms with Gasteiger partial charge in [0.2, 0.25) is 5.91 Å². The molecule has 0 aliphatic carbocycles. The van der Waals surface area contributed by atoms with Gasteiger partial charge in [-0.05, 0) is 38.3 Å². The molecule has 0 aromatic heterocycles. The van der Waals surface area contributed by atoms with Crippen LogP contribution in [0.15, 0.2) is 0 Å². The number of rotatable bonds is 2. The molecule has 3 rings (SSSR count). The fourth-order valence-electron chi connectivity index (χ4n) is 3.15. The molecule has 0 aromatic carbocycles. The SMILES string of the molecule is CC[C@@]1(NC(C)=O)CN2CCC1CC2. The van der Waals surface area contributed by atoms with Crippen molar-refractivity contribution in [2.75, 3.05) is 19.6 Å². The van der Waals surface area contributed by atoms with Crippen LogP contribution in [0.2, 0.25) is 0 Å². The maximum atomic E-state index is 11.2. The summed E-state index contributed by atoms with van der Waals surface area (Å²) in [6, 6.07) is 0. The van der Waals surface area contributed by atoms with Crippen LogP contribution in [0, 0.1) is 5.92 Å². The Bertz CT molecular complexity index is 233. The maximum Gasteiger partial charge on any atom is 0.217 e. The van der Waals surface area contributed by atoms with Crippen molar-refractivity contribution in [1.82, 2.24) is 10.2 Å². The quantitative estimate of drug-likeness (QED) is 0.714. The number of amides is 1. The van der Waals surface area contributed by atoms with E-state index in [2.05, 4.69) is 17.1 Å². The topological polar surface area (TPSA) is 32.3 Å². The van der Waals surface area contributed by atoms with E-state index in [1.807, 2.05) is 0 Å². The monoisotopic (exact) mass is 196 g/mol. The average Bonchev–Trinajstić information content (AvgIpc) is 2.18. The molecule has 3 heteroatoms. The van der Waals surface area contributed by atoms with E-state index < -0.39 is 0 Å². The van der Waals surface area contributed by atoms with Gasteiger partial charge in [0.1, 0.15) is 0 Å². The minimum atomic E-state index is 0.0856. The van der Waals surface area contributed by atoms with Gasteiger partial charge in [-0.3, -0.25) is 4.79 Å². The van der Waals surface area contributed by atoms with E-state index in [9.17, 15) is 4.79 Å². The minimum Gasteiger partial charge on any atom is -0.349 e. The first kappa shape index (κ1) is 9.97. The molecular weight excluding hydrogens is 176 g/mol. The van der Waals surface area contributed by atoms with Gasteiger partial charge in [0.25, 0.3) is 0 Å². The summed E-state index contributed by atoms with van der Waals surface area (Å²) in [7, 11) is 0. The standard InChI is InChI=1S/C11H20N2O/c1-3-11(12-9(2)14)8-13-6-4-10(11)5-7-13/h10H,3-8H2,1-2H3,(H,12,14)/t11-/m1/s1. The predicted octanol–water partition coefficient (Wildman–Crippen LogP) is 0.997. The fraction of sp³-hybridized carbons (Fsp3) is 0.909. The molecule has 1 atom stereocenters. The second kappa shape index (κ2) is 3.54. The first-order valence-electron chi connectivity index (χ1n) is 5.67. The maximum absolute atomic E-state index is 11.2. The Kier molecular flexibility index (Phi) is 2.52. The summed E-state index contributed by atoms with van der Waals surface area (Å²) in [4.78, 5) is 13.7. The molecule has 2 bridgehead atoms. The molecule has 3 aliphatic rings. The molecule has 3 heterocycles. The van der Waals surface area contributed by atoms with Crippen molar-refractivity contribution in [3.8, 4) is 0 Å². The molecule has 3 fully saturated rings. The van der Waals surface area contributed by atoms with Crippen LogP contribution >= 0.6 is 0 Å². The molecule has 3 saturated heterocycles. The number of carbonyl (C=O) groups excluding carboxylic acids is 1. The van der Waals surface area contributed by atoms with Crippen molar-refractivity contribution < 1.29 is 4.79 Å². The highest BCUT2D eigenvalue weighted by Gasteiger charge is 2.45. The van der Waals surface area contributed by atoms with E-state index in [1.54, 1.807) is 6.92 Å². The molecule has 0 unspecified atom stereocenters. The number of carbonyl (C=O) groups is 1. The van der Waals surface area contributed by atoms with Gasteiger partial charge in [-0.1, -0.05) is 6.92 Å². The third-order valence-corrected chi connectivity index (χ3v) is 3.93. The summed E-state index contributed by atoms with van der Waals surface area (Å²) >= 11 is 0. The molecule has 80 valence electrons. The van der Waals surface area contributed by atoms with Crippen LogP contribution in [-0.4, -0.2) is 36.0 Å². The first-order valence-corrected chi connectivity index (χ1v) is 5.67. The van der Waals surface area contributed by atoms with Crippen molar-refractivity contribution >= 4 is 5.91 Å². The average molecular weight is 196 g/mol. The van der Waals surface area contributed by atoms with E-state index in [0.717, 1.165) is 13.0 Å². The van der Waals surface area contributed by atoms with Crippen LogP contribution in [-0.2, 0) is 4.79 Å². The first-order chi connectivity index (χ1) is 6.66. The lowest BCUT2D eigenvalue weighted by Crippen LogP contribution is -2.66. The molecule has 0 radical (unpaired) electrons. The van der Waals surface area contributed by atoms with Crippen molar-refractivity contribution in [2.45, 2.75) is 38.6 Å². The molecule has 14 heavy (non-hydrogen) atoms. The van der Waals surface area contributed by atoms with Crippen LogP contribution in [0.1, 0.15) is 33.1 Å². The van der Waals surface area contributed by atoms with Gasteiger partial charge in [-0.15, -0.1) is 0 Å². The van der Waals surface area contributed by atoms with E-state index in [-0.39, 0.29) is 11.4 Å². The highest BCUT2D eigenvalue weighted by atomic mass is 16.1. The van der Waals surface area contributed by atoms with Crippen molar-refractivity contribution in [2.24, 2.45) is 5.92 Å². The smallest absolute Gasteiger partial charge is 0.217 e. The van der Waals surface area contributed by atoms with Gasteiger partial charge < -0.3 is 10.2 Å². The summed E-state index contributed by atoms with van der Waals surface area (Å²) in [5.74, 6) is 0.835. The van der Waals surface area contributed by atoms with E-state index >= 15 is 0 Å². The fourth-order valence-corrected chi connectivity index (χ4v) is 3.15. The Morgan fingerprint density at radius 1 is 1.50 bits per heavy atom. The minimum absolute atomic E-state index is 0.0856. The normalized spacial score (nSPS) is 41.0. The number of piperidine rings is 3. The summed E-state index contributed by atoms with van der Waals surface area (Å²) in [5.41, 5.74) is 0.0856. The summed E-state index contributed by atoms with van der Waals surface area (Å²) in [5, 5.41) is 3.20. The highest BCUT2D eigenvalue weighted by Crippen LogP contribution is 2.37. The third-order valence-electron chi connectivity index (χ3n) is 3.93. The van der Waals surface area contributed by atoms with Gasteiger partial charge >= 0.3 is 0 Å². The van der Waals surface area contributed by atoms with E-state index in [1.165, 1.54) is 25.9 Å². The molecule has 0 saturated carbocycles. The largest absolute Gasteiger partial charge is 0.349 e. The number of fused-ring (bicyclic) bond motifs is 3. The zero-order valence-electron chi connectivity index (χ0n) is 9.18. The van der Waals surface area contributed by atoms with E-state index in [0.29, 0.717) is 5.92 Å². The molecule has 1 amide bonds. The third kappa shape index (κ3) is 1.54. The van der Waals surface area contributed by atoms with Gasteiger partial charge in [0.15, 0.2) is 0 Å². The molecule has 0 spiro atoms. The molecule has 3 nitrogen and oxygen atoms in total. The molecule has 0 aromatic rings. The van der Waals surface area contributed by atoms with E-state index in [4.69, 9.17) is 0 Å². The lowest BCUT2D eigenvalue weighted by atomic mass is 9.71. The van der Waals surface area contributed by atoms with Crippen LogP contribution in [0.4, 0.5) is 0 Å². The van der Waals surface area contributed by atoms with Crippen molar-refractivity contribution in [3.63, 3.8) is 0 Å². The molecule has 1 N–H and O–H groups in total. The second-order valence-corrected chi connectivity index (χ2v) is 4.74. The van der Waals surface area contributed by atoms with Crippen molar-refractivity contribution in [1.29, 1.82) is 0 Å². The van der Waals surface area contributed by atoms with Crippen molar-refractivity contribution in [3.05, 3.63) is 0 Å². The highest BCUT2D eigenvalue weighted by molar-refractivity contribution is 5.74. The summed E-state index contributed by atoms with van der Waals surface area (Å²) < 4.78 is 0. The second-order valence-electron chi connectivity index (χ2n) is 4.74. The zero-order chi connectivity index (χ0) is 10.2. The van der Waals surface area contributed by atoms with Gasteiger partial charge in [0, 0.05) is 13.5 Å².